The van der Waals surface area contributed by atoms with Crippen LogP contribution in [-0.2, 0) is 4.79 Å². The zero-order chi connectivity index (χ0) is 22.7. The molecule has 1 aromatic rings. The molecule has 0 bridgehead atoms. The van der Waals surface area contributed by atoms with Crippen LogP contribution in [0.1, 0.15) is 44.1 Å². The quantitative estimate of drug-likeness (QED) is 0.738. The highest BCUT2D eigenvalue weighted by molar-refractivity contribution is 6.32. The Balaban J connectivity index is 1.17. The van der Waals surface area contributed by atoms with Crippen LogP contribution in [0.2, 0.25) is 5.02 Å². The van der Waals surface area contributed by atoms with Gasteiger partial charge in [-0.05, 0) is 55.2 Å². The minimum atomic E-state index is -0.355. The van der Waals surface area contributed by atoms with Crippen molar-refractivity contribution in [1.82, 2.24) is 9.80 Å². The first-order valence-corrected chi connectivity index (χ1v) is 12.7. The Morgan fingerprint density at radius 3 is 2.55 bits per heavy atom. The van der Waals surface area contributed by atoms with Crippen LogP contribution < -0.4 is 5.01 Å². The standard InChI is InChI=1S/C25H30ClN5O2/c26-21-9-17(6-5-16(21)11-27)31-22(15-3-1-2-4-15)10-23(28-31)30-13-19-20(14-30)24(19)25(33)29-8-7-18(32)12-29/h5-6,9,15,18-20,22,24,32H,1-4,7-8,10,12-14H2/t18-,19-,20+,22?,24?/m1/s1. The summed E-state index contributed by atoms with van der Waals surface area (Å²) in [6.07, 6.45) is 6.30. The number of amidine groups is 1. The predicted molar refractivity (Wildman–Crippen MR) is 126 cm³/mol. The largest absolute Gasteiger partial charge is 0.391 e. The van der Waals surface area contributed by atoms with E-state index in [1.165, 1.54) is 25.7 Å². The van der Waals surface area contributed by atoms with E-state index in [1.807, 2.05) is 17.0 Å². The summed E-state index contributed by atoms with van der Waals surface area (Å²) < 4.78 is 0. The first-order chi connectivity index (χ1) is 16.0. The maximum Gasteiger partial charge on any atom is 0.226 e. The molecule has 6 rings (SSSR count). The van der Waals surface area contributed by atoms with Gasteiger partial charge in [-0.25, -0.2) is 0 Å². The number of carbonyl (C=O) groups is 1. The van der Waals surface area contributed by atoms with Crippen molar-refractivity contribution in [2.75, 3.05) is 31.2 Å². The van der Waals surface area contributed by atoms with Crippen LogP contribution in [0, 0.1) is 35.0 Å². The molecule has 1 N–H and O–H groups in total. The third-order valence-electron chi connectivity index (χ3n) is 8.53. The third-order valence-corrected chi connectivity index (χ3v) is 8.84. The molecular formula is C25H30ClN5O2. The number of hydrogen-bond donors (Lipinski definition) is 1. The normalized spacial score (nSPS) is 33.4. The smallest absolute Gasteiger partial charge is 0.226 e. The Hall–Kier alpha value is -2.30. The highest BCUT2D eigenvalue weighted by Crippen LogP contribution is 2.53. The molecule has 2 aliphatic carbocycles. The number of hydrogen-bond acceptors (Lipinski definition) is 6. The highest BCUT2D eigenvalue weighted by Gasteiger charge is 2.61. The van der Waals surface area contributed by atoms with Gasteiger partial charge in [-0.2, -0.15) is 10.4 Å². The van der Waals surface area contributed by atoms with Crippen molar-refractivity contribution in [2.45, 2.75) is 50.7 Å². The summed E-state index contributed by atoms with van der Waals surface area (Å²) in [5, 5.41) is 26.7. The number of benzene rings is 1. The molecular weight excluding hydrogens is 438 g/mol. The predicted octanol–water partition coefficient (Wildman–Crippen LogP) is 3.07. The maximum atomic E-state index is 12.9. The second-order valence-corrected chi connectivity index (χ2v) is 10.8. The maximum absolute atomic E-state index is 12.9. The first-order valence-electron chi connectivity index (χ1n) is 12.3. The van der Waals surface area contributed by atoms with Crippen molar-refractivity contribution in [3.8, 4) is 6.07 Å². The average molecular weight is 468 g/mol. The number of anilines is 1. The second kappa shape index (κ2) is 8.18. The summed E-state index contributed by atoms with van der Waals surface area (Å²) in [6, 6.07) is 8.08. The topological polar surface area (TPSA) is 83.2 Å². The van der Waals surface area contributed by atoms with E-state index in [0.29, 0.717) is 53.9 Å². The fourth-order valence-electron chi connectivity index (χ4n) is 6.66. The lowest BCUT2D eigenvalue weighted by Crippen LogP contribution is -2.37. The molecule has 7 nitrogen and oxygen atoms in total. The number of aliphatic hydroxyl groups excluding tert-OH is 1. The van der Waals surface area contributed by atoms with Crippen LogP contribution in [0.15, 0.2) is 23.3 Å². The molecule has 1 aromatic carbocycles. The van der Waals surface area contributed by atoms with Gasteiger partial charge in [-0.1, -0.05) is 24.4 Å². The number of β-amino-alcohol motifs (C(OH)–C–C–N with tert-alkyl or cyclic N) is 1. The summed E-state index contributed by atoms with van der Waals surface area (Å²) in [6.45, 7) is 2.99. The Morgan fingerprint density at radius 1 is 1.15 bits per heavy atom. The van der Waals surface area contributed by atoms with Crippen LogP contribution >= 0.6 is 11.6 Å². The van der Waals surface area contributed by atoms with Crippen molar-refractivity contribution in [1.29, 1.82) is 5.26 Å². The van der Waals surface area contributed by atoms with E-state index in [1.54, 1.807) is 6.07 Å². The van der Waals surface area contributed by atoms with Crippen LogP contribution in [-0.4, -0.2) is 65.0 Å². The number of carbonyl (C=O) groups excluding carboxylic acids is 1. The molecule has 2 saturated carbocycles. The number of nitriles is 1. The molecule has 5 atom stereocenters. The van der Waals surface area contributed by atoms with Gasteiger partial charge in [0.25, 0.3) is 0 Å². The molecule has 0 spiro atoms. The number of halogens is 1. The zero-order valence-corrected chi connectivity index (χ0v) is 19.5. The fourth-order valence-corrected chi connectivity index (χ4v) is 6.87. The molecule has 0 aromatic heterocycles. The number of hydrazone groups is 1. The van der Waals surface area contributed by atoms with Crippen molar-refractivity contribution in [2.24, 2.45) is 28.8 Å². The van der Waals surface area contributed by atoms with Crippen molar-refractivity contribution in [3.05, 3.63) is 28.8 Å². The number of likely N-dealkylation sites (tertiary alicyclic amines) is 2. The molecule has 33 heavy (non-hydrogen) atoms. The summed E-state index contributed by atoms with van der Waals surface area (Å²) >= 11 is 6.35. The van der Waals surface area contributed by atoms with Gasteiger partial charge in [0.15, 0.2) is 0 Å². The number of fused-ring (bicyclic) bond motifs is 1. The van der Waals surface area contributed by atoms with Gasteiger partial charge in [0.05, 0.1) is 28.4 Å². The summed E-state index contributed by atoms with van der Waals surface area (Å²) in [5.41, 5.74) is 1.44. The fraction of sp³-hybridized carbons (Fsp3) is 0.640. The molecule has 5 aliphatic rings. The van der Waals surface area contributed by atoms with Crippen molar-refractivity contribution < 1.29 is 9.90 Å². The molecule has 3 heterocycles. The van der Waals surface area contributed by atoms with E-state index < -0.39 is 0 Å². The Labute approximate surface area is 199 Å². The van der Waals surface area contributed by atoms with Gasteiger partial charge < -0.3 is 14.9 Å². The van der Waals surface area contributed by atoms with Crippen LogP contribution in [0.3, 0.4) is 0 Å². The van der Waals surface area contributed by atoms with E-state index in [0.717, 1.165) is 31.0 Å². The van der Waals surface area contributed by atoms with Gasteiger partial charge in [-0.3, -0.25) is 9.80 Å². The van der Waals surface area contributed by atoms with Crippen LogP contribution in [0.5, 0.6) is 0 Å². The van der Waals surface area contributed by atoms with Gasteiger partial charge in [0.2, 0.25) is 5.91 Å². The third kappa shape index (κ3) is 3.68. The summed E-state index contributed by atoms with van der Waals surface area (Å²) in [5.74, 6) is 2.96. The van der Waals surface area contributed by atoms with Crippen LogP contribution in [0.4, 0.5) is 5.69 Å². The molecule has 2 saturated heterocycles. The number of aliphatic hydroxyl groups is 1. The molecule has 3 aliphatic heterocycles. The van der Waals surface area contributed by atoms with E-state index in [2.05, 4.69) is 16.0 Å². The minimum Gasteiger partial charge on any atom is -0.391 e. The van der Waals surface area contributed by atoms with Crippen molar-refractivity contribution in [3.63, 3.8) is 0 Å². The highest BCUT2D eigenvalue weighted by atomic mass is 35.5. The number of nitrogens with zero attached hydrogens (tertiary/aromatic N) is 5. The lowest BCUT2D eigenvalue weighted by Gasteiger charge is -2.28. The molecule has 8 heteroatoms. The average Bonchev–Trinajstić information content (AvgIpc) is 3.42. The Bertz CT molecular complexity index is 1020. The SMILES string of the molecule is N#Cc1ccc(N2N=C(N3C[C@@H]4C(C(=O)N5CC[C@@H](O)C5)[C@@H]4C3)CC2C2CCCC2)cc1Cl. The monoisotopic (exact) mass is 467 g/mol. The lowest BCUT2D eigenvalue weighted by molar-refractivity contribution is -0.132. The number of amides is 1. The van der Waals surface area contributed by atoms with Crippen LogP contribution in [0.25, 0.3) is 0 Å². The Morgan fingerprint density at radius 2 is 1.91 bits per heavy atom. The van der Waals surface area contributed by atoms with Crippen molar-refractivity contribution >= 4 is 29.0 Å². The van der Waals surface area contributed by atoms with Gasteiger partial charge in [0.1, 0.15) is 11.9 Å². The number of rotatable bonds is 3. The molecule has 0 radical (unpaired) electrons. The second-order valence-electron chi connectivity index (χ2n) is 10.4. The Kier molecular flexibility index (Phi) is 5.26. The summed E-state index contributed by atoms with van der Waals surface area (Å²) in [7, 11) is 0. The molecule has 174 valence electrons. The summed E-state index contributed by atoms with van der Waals surface area (Å²) in [4.78, 5) is 17.1. The van der Waals surface area contributed by atoms with Gasteiger partial charge >= 0.3 is 0 Å². The lowest BCUT2D eigenvalue weighted by atomic mass is 9.94. The van der Waals surface area contributed by atoms with E-state index >= 15 is 0 Å². The number of piperidine rings is 1. The zero-order valence-electron chi connectivity index (χ0n) is 18.7. The first kappa shape index (κ1) is 21.2. The molecule has 2 unspecified atom stereocenters. The van der Waals surface area contributed by atoms with Gasteiger partial charge in [0, 0.05) is 38.5 Å². The van der Waals surface area contributed by atoms with E-state index in [-0.39, 0.29) is 17.9 Å². The molecule has 4 fully saturated rings. The van der Waals surface area contributed by atoms with Gasteiger partial charge in [-0.15, -0.1) is 0 Å². The minimum absolute atomic E-state index is 0.132. The molecule has 1 amide bonds. The van der Waals surface area contributed by atoms with E-state index in [9.17, 15) is 15.2 Å². The van der Waals surface area contributed by atoms with E-state index in [4.69, 9.17) is 16.7 Å².